The molecule has 0 spiro atoms. The fourth-order valence-corrected chi connectivity index (χ4v) is 3.01. The third-order valence-corrected chi connectivity index (χ3v) is 4.09. The number of ether oxygens (including phenoxy) is 3. The Morgan fingerprint density at radius 3 is 2.95 bits per heavy atom. The number of rotatable bonds is 2. The van der Waals surface area contributed by atoms with Gasteiger partial charge >= 0.3 is 0 Å². The van der Waals surface area contributed by atoms with Gasteiger partial charge in [0, 0.05) is 19.5 Å². The summed E-state index contributed by atoms with van der Waals surface area (Å²) >= 11 is 6.26. The molecule has 5 nitrogen and oxygen atoms in total. The lowest BCUT2D eigenvalue weighted by atomic mass is 10.1. The summed E-state index contributed by atoms with van der Waals surface area (Å²) in [5, 5.41) is 0.498. The molecule has 0 radical (unpaired) electrons. The highest BCUT2D eigenvalue weighted by Crippen LogP contribution is 2.38. The van der Waals surface area contributed by atoms with Crippen LogP contribution in [-0.2, 0) is 16.0 Å². The Kier molecular flexibility index (Phi) is 4.74. The van der Waals surface area contributed by atoms with Crippen molar-refractivity contribution in [2.45, 2.75) is 25.9 Å². The van der Waals surface area contributed by atoms with E-state index in [0.29, 0.717) is 55.9 Å². The van der Waals surface area contributed by atoms with Crippen molar-refractivity contribution in [1.29, 1.82) is 0 Å². The van der Waals surface area contributed by atoms with Gasteiger partial charge in [-0.2, -0.15) is 0 Å². The lowest BCUT2D eigenvalue weighted by molar-refractivity contribution is -0.137. The Balaban J connectivity index is 1.73. The maximum Gasteiger partial charge on any atom is 0.227 e. The topological polar surface area (TPSA) is 48.0 Å². The molecule has 1 atom stereocenters. The molecule has 0 N–H and O–H groups in total. The van der Waals surface area contributed by atoms with E-state index in [2.05, 4.69) is 0 Å². The van der Waals surface area contributed by atoms with Crippen molar-refractivity contribution >= 4 is 17.5 Å². The Labute approximate surface area is 135 Å². The maximum atomic E-state index is 12.4. The summed E-state index contributed by atoms with van der Waals surface area (Å²) in [5.74, 6) is 1.29. The van der Waals surface area contributed by atoms with Crippen LogP contribution in [0.4, 0.5) is 0 Å². The standard InChI is InChI=1S/C16H20ClNO4/c1-11-10-18(3-6-20-11)15(19)9-12-7-13(17)16-14(8-12)21-4-2-5-22-16/h7-8,11H,2-6,9-10H2,1H3. The molecule has 1 amide bonds. The molecular weight excluding hydrogens is 306 g/mol. The molecule has 0 aromatic heterocycles. The molecule has 2 heterocycles. The largest absolute Gasteiger partial charge is 0.489 e. The Hall–Kier alpha value is -1.46. The quantitative estimate of drug-likeness (QED) is 0.837. The lowest BCUT2D eigenvalue weighted by Crippen LogP contribution is -2.45. The first-order valence-electron chi connectivity index (χ1n) is 7.61. The number of hydrogen-bond acceptors (Lipinski definition) is 4. The van der Waals surface area contributed by atoms with Crippen LogP contribution in [-0.4, -0.2) is 49.8 Å². The molecule has 1 unspecified atom stereocenters. The minimum atomic E-state index is 0.0840. The molecule has 120 valence electrons. The first kappa shape index (κ1) is 15.4. The van der Waals surface area contributed by atoms with Crippen molar-refractivity contribution in [2.24, 2.45) is 0 Å². The van der Waals surface area contributed by atoms with Gasteiger partial charge in [0.2, 0.25) is 5.91 Å². The summed E-state index contributed by atoms with van der Waals surface area (Å²) < 4.78 is 16.7. The molecule has 0 bridgehead atoms. The Bertz CT molecular complexity index is 563. The van der Waals surface area contributed by atoms with Gasteiger partial charge in [0.15, 0.2) is 11.5 Å². The van der Waals surface area contributed by atoms with E-state index in [1.54, 1.807) is 6.07 Å². The van der Waals surface area contributed by atoms with Crippen LogP contribution < -0.4 is 9.47 Å². The zero-order valence-corrected chi connectivity index (χ0v) is 13.4. The number of hydrogen-bond donors (Lipinski definition) is 0. The van der Waals surface area contributed by atoms with E-state index in [0.717, 1.165) is 12.0 Å². The Morgan fingerprint density at radius 1 is 1.32 bits per heavy atom. The smallest absolute Gasteiger partial charge is 0.227 e. The van der Waals surface area contributed by atoms with Gasteiger partial charge in [0.1, 0.15) is 0 Å². The number of carbonyl (C=O) groups is 1. The average molecular weight is 326 g/mol. The second kappa shape index (κ2) is 6.75. The van der Waals surface area contributed by atoms with E-state index in [4.69, 9.17) is 25.8 Å². The summed E-state index contributed by atoms with van der Waals surface area (Å²) in [5.41, 5.74) is 0.846. The number of fused-ring (bicyclic) bond motifs is 1. The first-order valence-corrected chi connectivity index (χ1v) is 7.98. The highest BCUT2D eigenvalue weighted by Gasteiger charge is 2.23. The van der Waals surface area contributed by atoms with Crippen LogP contribution in [0.2, 0.25) is 5.02 Å². The second-order valence-corrected chi connectivity index (χ2v) is 6.06. The number of halogens is 1. The van der Waals surface area contributed by atoms with Gasteiger partial charge in [-0.05, 0) is 24.6 Å². The third-order valence-electron chi connectivity index (χ3n) is 3.81. The van der Waals surface area contributed by atoms with Crippen LogP contribution in [0.1, 0.15) is 18.9 Å². The molecule has 1 aromatic carbocycles. The zero-order chi connectivity index (χ0) is 15.5. The van der Waals surface area contributed by atoms with E-state index < -0.39 is 0 Å². The van der Waals surface area contributed by atoms with Gasteiger partial charge in [-0.25, -0.2) is 0 Å². The molecule has 2 aliphatic rings. The van der Waals surface area contributed by atoms with Gasteiger partial charge in [-0.15, -0.1) is 0 Å². The van der Waals surface area contributed by atoms with E-state index in [1.807, 2.05) is 17.9 Å². The summed E-state index contributed by atoms with van der Waals surface area (Å²) in [7, 11) is 0. The van der Waals surface area contributed by atoms with Crippen LogP contribution in [0, 0.1) is 0 Å². The van der Waals surface area contributed by atoms with Crippen LogP contribution in [0.25, 0.3) is 0 Å². The predicted molar refractivity (Wildman–Crippen MR) is 82.8 cm³/mol. The van der Waals surface area contributed by atoms with Crippen LogP contribution in [0.5, 0.6) is 11.5 Å². The molecule has 0 aliphatic carbocycles. The second-order valence-electron chi connectivity index (χ2n) is 5.65. The number of amides is 1. The number of benzene rings is 1. The fraction of sp³-hybridized carbons (Fsp3) is 0.562. The molecule has 22 heavy (non-hydrogen) atoms. The van der Waals surface area contributed by atoms with Gasteiger partial charge in [-0.3, -0.25) is 4.79 Å². The van der Waals surface area contributed by atoms with Gasteiger partial charge in [0.25, 0.3) is 0 Å². The summed E-state index contributed by atoms with van der Waals surface area (Å²) in [6, 6.07) is 3.64. The molecule has 1 aromatic rings. The minimum absolute atomic E-state index is 0.0840. The highest BCUT2D eigenvalue weighted by atomic mass is 35.5. The number of nitrogens with zero attached hydrogens (tertiary/aromatic N) is 1. The SMILES string of the molecule is CC1CN(C(=O)Cc2cc(Cl)c3c(c2)OCCCO3)CCO1. The lowest BCUT2D eigenvalue weighted by Gasteiger charge is -2.31. The molecular formula is C16H20ClNO4. The van der Waals surface area contributed by atoms with Crippen molar-refractivity contribution < 1.29 is 19.0 Å². The van der Waals surface area contributed by atoms with E-state index in [9.17, 15) is 4.79 Å². The number of morpholine rings is 1. The monoisotopic (exact) mass is 325 g/mol. The molecule has 0 saturated carbocycles. The van der Waals surface area contributed by atoms with Crippen molar-refractivity contribution in [3.63, 3.8) is 0 Å². The molecule has 3 rings (SSSR count). The molecule has 1 saturated heterocycles. The van der Waals surface area contributed by atoms with Crippen molar-refractivity contribution in [3.05, 3.63) is 22.7 Å². The normalized spacial score (nSPS) is 21.4. The average Bonchev–Trinajstić information content (AvgIpc) is 2.73. The van der Waals surface area contributed by atoms with Crippen LogP contribution >= 0.6 is 11.6 Å². The summed E-state index contributed by atoms with van der Waals surface area (Å²) in [6.07, 6.45) is 1.22. The van der Waals surface area contributed by atoms with Crippen molar-refractivity contribution in [2.75, 3.05) is 32.9 Å². The maximum absolute atomic E-state index is 12.4. The van der Waals surface area contributed by atoms with E-state index in [-0.39, 0.29) is 12.0 Å². The predicted octanol–water partition coefficient (Wildman–Crippen LogP) is 2.29. The highest BCUT2D eigenvalue weighted by molar-refractivity contribution is 6.32. The molecule has 2 aliphatic heterocycles. The summed E-state index contributed by atoms with van der Waals surface area (Å²) in [4.78, 5) is 14.3. The number of carbonyl (C=O) groups excluding carboxylic acids is 1. The van der Waals surface area contributed by atoms with Gasteiger partial charge in [-0.1, -0.05) is 11.6 Å². The molecule has 6 heteroatoms. The van der Waals surface area contributed by atoms with E-state index in [1.165, 1.54) is 0 Å². The van der Waals surface area contributed by atoms with E-state index >= 15 is 0 Å². The summed E-state index contributed by atoms with van der Waals surface area (Å²) in [6.45, 7) is 5.04. The third kappa shape index (κ3) is 3.47. The van der Waals surface area contributed by atoms with Gasteiger partial charge < -0.3 is 19.1 Å². The van der Waals surface area contributed by atoms with Crippen molar-refractivity contribution in [1.82, 2.24) is 4.90 Å². The first-order chi connectivity index (χ1) is 10.6. The molecule has 1 fully saturated rings. The van der Waals surface area contributed by atoms with Crippen molar-refractivity contribution in [3.8, 4) is 11.5 Å². The van der Waals surface area contributed by atoms with Gasteiger partial charge in [0.05, 0.1) is 37.4 Å². The van der Waals surface area contributed by atoms with Crippen LogP contribution in [0.15, 0.2) is 12.1 Å². The zero-order valence-electron chi connectivity index (χ0n) is 12.6. The van der Waals surface area contributed by atoms with Crippen LogP contribution in [0.3, 0.4) is 0 Å². The fourth-order valence-electron chi connectivity index (χ4n) is 2.72. The minimum Gasteiger partial charge on any atom is -0.489 e. The Morgan fingerprint density at radius 2 is 2.14 bits per heavy atom.